The molecule has 0 aliphatic heterocycles. The highest BCUT2D eigenvalue weighted by atomic mass is 79.9. The minimum atomic E-state index is 0.647. The molecule has 0 bridgehead atoms. The third-order valence-electron chi connectivity index (χ3n) is 2.16. The van der Waals surface area contributed by atoms with Gasteiger partial charge < -0.3 is 5.32 Å². The number of halogens is 1. The molecular formula is C11H14BrN5. The Morgan fingerprint density at radius 3 is 2.88 bits per heavy atom. The fourth-order valence-electron chi connectivity index (χ4n) is 1.41. The van der Waals surface area contributed by atoms with Gasteiger partial charge in [0.05, 0.1) is 10.7 Å². The molecule has 0 unspecified atom stereocenters. The lowest BCUT2D eigenvalue weighted by atomic mass is 10.4. The maximum absolute atomic E-state index is 4.41. The van der Waals surface area contributed by atoms with Crippen LogP contribution in [0.2, 0.25) is 0 Å². The number of nitrogens with one attached hydrogen (secondary N) is 1. The normalized spacial score (nSPS) is 10.5. The average Bonchev–Trinajstić information content (AvgIpc) is 2.72. The molecule has 0 aromatic carbocycles. The van der Waals surface area contributed by atoms with Crippen molar-refractivity contribution in [3.05, 3.63) is 28.6 Å². The van der Waals surface area contributed by atoms with Crippen LogP contribution in [0, 0.1) is 6.92 Å². The quantitative estimate of drug-likeness (QED) is 0.942. The lowest BCUT2D eigenvalue weighted by Crippen LogP contribution is -2.08. The Labute approximate surface area is 108 Å². The first-order valence-electron chi connectivity index (χ1n) is 5.49. The summed E-state index contributed by atoms with van der Waals surface area (Å²) < 4.78 is 2.65. The molecule has 0 spiro atoms. The van der Waals surface area contributed by atoms with Crippen molar-refractivity contribution in [2.45, 2.75) is 20.3 Å². The van der Waals surface area contributed by atoms with Gasteiger partial charge in [-0.2, -0.15) is 10.1 Å². The molecule has 0 saturated heterocycles. The van der Waals surface area contributed by atoms with E-state index in [-0.39, 0.29) is 0 Å². The van der Waals surface area contributed by atoms with Gasteiger partial charge in [0.2, 0.25) is 5.95 Å². The van der Waals surface area contributed by atoms with Crippen molar-refractivity contribution in [1.29, 1.82) is 0 Å². The van der Waals surface area contributed by atoms with E-state index in [1.165, 1.54) is 0 Å². The van der Waals surface area contributed by atoms with Gasteiger partial charge in [-0.15, -0.1) is 0 Å². The van der Waals surface area contributed by atoms with Gasteiger partial charge in [-0.3, -0.25) is 0 Å². The second-order valence-corrected chi connectivity index (χ2v) is 4.64. The van der Waals surface area contributed by atoms with E-state index in [1.807, 2.05) is 19.2 Å². The predicted octanol–water partition coefficient (Wildman–Crippen LogP) is 2.56. The predicted molar refractivity (Wildman–Crippen MR) is 70.4 cm³/mol. The van der Waals surface area contributed by atoms with Crippen LogP contribution in [0.15, 0.2) is 22.9 Å². The zero-order chi connectivity index (χ0) is 12.3. The van der Waals surface area contributed by atoms with E-state index in [9.17, 15) is 0 Å². The molecule has 0 atom stereocenters. The molecule has 0 amide bonds. The highest BCUT2D eigenvalue weighted by Crippen LogP contribution is 2.13. The summed E-state index contributed by atoms with van der Waals surface area (Å²) in [6, 6.07) is 1.90. The van der Waals surface area contributed by atoms with Gasteiger partial charge in [-0.1, -0.05) is 6.92 Å². The zero-order valence-electron chi connectivity index (χ0n) is 9.81. The van der Waals surface area contributed by atoms with Crippen molar-refractivity contribution in [2.24, 2.45) is 0 Å². The van der Waals surface area contributed by atoms with Gasteiger partial charge in [0.15, 0.2) is 5.82 Å². The van der Waals surface area contributed by atoms with Crippen LogP contribution >= 0.6 is 15.9 Å². The SMILES string of the molecule is CCCNc1nc(C)cc(-n2cc(Br)cn2)n1. The monoisotopic (exact) mass is 295 g/mol. The van der Waals surface area contributed by atoms with E-state index in [2.05, 4.69) is 43.2 Å². The van der Waals surface area contributed by atoms with Crippen molar-refractivity contribution >= 4 is 21.9 Å². The van der Waals surface area contributed by atoms with Gasteiger partial charge >= 0.3 is 0 Å². The van der Waals surface area contributed by atoms with Gasteiger partial charge in [-0.25, -0.2) is 9.67 Å². The number of hydrogen-bond donors (Lipinski definition) is 1. The molecule has 2 aromatic heterocycles. The highest BCUT2D eigenvalue weighted by Gasteiger charge is 2.04. The van der Waals surface area contributed by atoms with Crippen LogP contribution in [0.1, 0.15) is 19.0 Å². The van der Waals surface area contributed by atoms with Gasteiger partial charge in [-0.05, 0) is 29.3 Å². The topological polar surface area (TPSA) is 55.6 Å². The molecule has 17 heavy (non-hydrogen) atoms. The molecule has 0 radical (unpaired) electrons. The number of anilines is 1. The summed E-state index contributed by atoms with van der Waals surface area (Å²) in [4.78, 5) is 8.74. The first kappa shape index (κ1) is 12.0. The van der Waals surface area contributed by atoms with E-state index < -0.39 is 0 Å². The van der Waals surface area contributed by atoms with Gasteiger partial charge in [0.1, 0.15) is 0 Å². The molecule has 2 heterocycles. The fraction of sp³-hybridized carbons (Fsp3) is 0.364. The summed E-state index contributed by atoms with van der Waals surface area (Å²) in [7, 11) is 0. The maximum atomic E-state index is 4.41. The fourth-order valence-corrected chi connectivity index (χ4v) is 1.70. The third-order valence-corrected chi connectivity index (χ3v) is 2.57. The molecule has 2 aromatic rings. The summed E-state index contributed by atoms with van der Waals surface area (Å²) >= 11 is 3.37. The Kier molecular flexibility index (Phi) is 3.73. The molecule has 5 nitrogen and oxygen atoms in total. The Balaban J connectivity index is 2.31. The van der Waals surface area contributed by atoms with Crippen molar-refractivity contribution < 1.29 is 0 Å². The Hall–Kier alpha value is -1.43. The number of rotatable bonds is 4. The molecule has 6 heteroatoms. The number of nitrogens with zero attached hydrogens (tertiary/aromatic N) is 4. The van der Waals surface area contributed by atoms with Crippen molar-refractivity contribution in [1.82, 2.24) is 19.7 Å². The summed E-state index contributed by atoms with van der Waals surface area (Å²) in [6.45, 7) is 4.92. The van der Waals surface area contributed by atoms with Crippen molar-refractivity contribution in [2.75, 3.05) is 11.9 Å². The lowest BCUT2D eigenvalue weighted by molar-refractivity contribution is 0.831. The highest BCUT2D eigenvalue weighted by molar-refractivity contribution is 9.10. The van der Waals surface area contributed by atoms with Crippen LogP contribution < -0.4 is 5.32 Å². The van der Waals surface area contributed by atoms with E-state index in [4.69, 9.17) is 0 Å². The Bertz CT molecular complexity index is 508. The number of aryl methyl sites for hydroxylation is 1. The van der Waals surface area contributed by atoms with E-state index in [0.717, 1.165) is 29.0 Å². The van der Waals surface area contributed by atoms with Gasteiger partial charge in [0, 0.05) is 24.5 Å². The van der Waals surface area contributed by atoms with Crippen molar-refractivity contribution in [3.63, 3.8) is 0 Å². The largest absolute Gasteiger partial charge is 0.354 e. The lowest BCUT2D eigenvalue weighted by Gasteiger charge is -2.07. The number of hydrogen-bond acceptors (Lipinski definition) is 4. The molecule has 0 aliphatic carbocycles. The van der Waals surface area contributed by atoms with Crippen LogP contribution in [0.5, 0.6) is 0 Å². The second kappa shape index (κ2) is 5.27. The molecule has 0 fully saturated rings. The standard InChI is InChI=1S/C11H14BrN5/c1-3-4-13-11-15-8(2)5-10(16-11)17-7-9(12)6-14-17/h5-7H,3-4H2,1-2H3,(H,13,15,16). The van der Waals surface area contributed by atoms with Crippen LogP contribution in [0.25, 0.3) is 5.82 Å². The van der Waals surface area contributed by atoms with Crippen LogP contribution in [0.4, 0.5) is 5.95 Å². The Morgan fingerprint density at radius 2 is 2.24 bits per heavy atom. The minimum Gasteiger partial charge on any atom is -0.354 e. The first-order chi connectivity index (χ1) is 8.19. The summed E-state index contributed by atoms with van der Waals surface area (Å²) in [5, 5.41) is 7.38. The van der Waals surface area contributed by atoms with Crippen LogP contribution in [-0.2, 0) is 0 Å². The molecular weight excluding hydrogens is 282 g/mol. The molecule has 1 N–H and O–H groups in total. The van der Waals surface area contributed by atoms with Crippen molar-refractivity contribution in [3.8, 4) is 5.82 Å². The van der Waals surface area contributed by atoms with E-state index in [0.29, 0.717) is 5.95 Å². The maximum Gasteiger partial charge on any atom is 0.224 e. The molecule has 0 aliphatic rings. The third kappa shape index (κ3) is 3.03. The second-order valence-electron chi connectivity index (χ2n) is 3.72. The van der Waals surface area contributed by atoms with Crippen LogP contribution in [0.3, 0.4) is 0 Å². The van der Waals surface area contributed by atoms with E-state index in [1.54, 1.807) is 10.9 Å². The zero-order valence-corrected chi connectivity index (χ0v) is 11.4. The molecule has 90 valence electrons. The Morgan fingerprint density at radius 1 is 1.41 bits per heavy atom. The smallest absolute Gasteiger partial charge is 0.224 e. The molecule has 0 saturated carbocycles. The molecule has 2 rings (SSSR count). The van der Waals surface area contributed by atoms with Crippen LogP contribution in [-0.4, -0.2) is 26.3 Å². The number of aromatic nitrogens is 4. The average molecular weight is 296 g/mol. The van der Waals surface area contributed by atoms with E-state index >= 15 is 0 Å². The first-order valence-corrected chi connectivity index (χ1v) is 6.28. The summed E-state index contributed by atoms with van der Waals surface area (Å²) in [5.74, 6) is 1.41. The minimum absolute atomic E-state index is 0.647. The van der Waals surface area contributed by atoms with Gasteiger partial charge in [0.25, 0.3) is 0 Å². The summed E-state index contributed by atoms with van der Waals surface area (Å²) in [6.07, 6.45) is 4.64. The summed E-state index contributed by atoms with van der Waals surface area (Å²) in [5.41, 5.74) is 0.917.